The standard InChI is InChI=1S/C18H16ClNO2/c1-12-2-5-14-11-17(22-16(14)10-12)18(21)20-9-8-13-3-6-15(19)7-4-13/h2-7,10-11H,8-9H2,1H3,(H,20,21). The van der Waals surface area contributed by atoms with Crippen molar-refractivity contribution < 1.29 is 9.21 Å². The van der Waals surface area contributed by atoms with Gasteiger partial charge < -0.3 is 9.73 Å². The molecule has 3 aromatic rings. The molecule has 1 aromatic heterocycles. The minimum atomic E-state index is -0.192. The third-order valence-electron chi connectivity index (χ3n) is 3.51. The van der Waals surface area contributed by atoms with Gasteiger partial charge in [0, 0.05) is 17.0 Å². The quantitative estimate of drug-likeness (QED) is 0.777. The highest BCUT2D eigenvalue weighted by atomic mass is 35.5. The summed E-state index contributed by atoms with van der Waals surface area (Å²) in [5, 5.41) is 4.52. The monoisotopic (exact) mass is 313 g/mol. The highest BCUT2D eigenvalue weighted by Gasteiger charge is 2.11. The van der Waals surface area contributed by atoms with E-state index in [9.17, 15) is 4.79 Å². The van der Waals surface area contributed by atoms with Crippen LogP contribution in [0.2, 0.25) is 5.02 Å². The van der Waals surface area contributed by atoms with Gasteiger partial charge >= 0.3 is 0 Å². The number of carbonyl (C=O) groups excluding carboxylic acids is 1. The Hall–Kier alpha value is -2.26. The molecule has 0 saturated carbocycles. The molecule has 3 rings (SSSR count). The molecule has 0 bridgehead atoms. The summed E-state index contributed by atoms with van der Waals surface area (Å²) in [4.78, 5) is 12.1. The summed E-state index contributed by atoms with van der Waals surface area (Å²) in [7, 11) is 0. The summed E-state index contributed by atoms with van der Waals surface area (Å²) in [6.07, 6.45) is 0.752. The Bertz CT molecular complexity index is 806. The molecule has 22 heavy (non-hydrogen) atoms. The van der Waals surface area contributed by atoms with Gasteiger partial charge in [0.1, 0.15) is 5.58 Å². The molecule has 1 N–H and O–H groups in total. The van der Waals surface area contributed by atoms with Crippen LogP contribution in [0.25, 0.3) is 11.0 Å². The Balaban J connectivity index is 1.62. The van der Waals surface area contributed by atoms with E-state index < -0.39 is 0 Å². The number of nitrogens with one attached hydrogen (secondary N) is 1. The van der Waals surface area contributed by atoms with Crippen molar-refractivity contribution in [3.8, 4) is 0 Å². The van der Waals surface area contributed by atoms with Crippen LogP contribution in [0.1, 0.15) is 21.7 Å². The van der Waals surface area contributed by atoms with Crippen LogP contribution in [0, 0.1) is 6.92 Å². The van der Waals surface area contributed by atoms with E-state index in [4.69, 9.17) is 16.0 Å². The molecular formula is C18H16ClNO2. The van der Waals surface area contributed by atoms with Crippen LogP contribution in [0.5, 0.6) is 0 Å². The Kier molecular flexibility index (Phi) is 4.16. The molecule has 1 heterocycles. The van der Waals surface area contributed by atoms with Gasteiger partial charge in [-0.1, -0.05) is 35.9 Å². The lowest BCUT2D eigenvalue weighted by atomic mass is 10.1. The first-order chi connectivity index (χ1) is 10.6. The Labute approximate surface area is 133 Å². The maximum atomic E-state index is 12.1. The van der Waals surface area contributed by atoms with Crippen molar-refractivity contribution in [3.63, 3.8) is 0 Å². The van der Waals surface area contributed by atoms with E-state index >= 15 is 0 Å². The Morgan fingerprint density at radius 3 is 2.68 bits per heavy atom. The zero-order valence-corrected chi connectivity index (χ0v) is 13.0. The fraction of sp³-hybridized carbons (Fsp3) is 0.167. The molecule has 3 nitrogen and oxygen atoms in total. The molecule has 112 valence electrons. The van der Waals surface area contributed by atoms with Gasteiger partial charge in [-0.15, -0.1) is 0 Å². The van der Waals surface area contributed by atoms with Gasteiger partial charge in [-0.05, 0) is 48.7 Å². The smallest absolute Gasteiger partial charge is 0.287 e. The summed E-state index contributed by atoms with van der Waals surface area (Å²) in [6, 6.07) is 15.3. The molecule has 0 unspecified atom stereocenters. The van der Waals surface area contributed by atoms with Crippen molar-refractivity contribution in [1.82, 2.24) is 5.32 Å². The zero-order chi connectivity index (χ0) is 15.5. The van der Waals surface area contributed by atoms with Gasteiger partial charge in [-0.3, -0.25) is 4.79 Å². The fourth-order valence-corrected chi connectivity index (χ4v) is 2.43. The minimum absolute atomic E-state index is 0.192. The molecule has 0 radical (unpaired) electrons. The number of furan rings is 1. The summed E-state index contributed by atoms with van der Waals surface area (Å²) < 4.78 is 5.60. The van der Waals surface area contributed by atoms with Crippen LogP contribution in [0.4, 0.5) is 0 Å². The second-order valence-corrected chi connectivity index (χ2v) is 5.72. The maximum absolute atomic E-state index is 12.1. The summed E-state index contributed by atoms with van der Waals surface area (Å²) in [5.74, 6) is 0.152. The number of aryl methyl sites for hydroxylation is 1. The Morgan fingerprint density at radius 2 is 1.91 bits per heavy atom. The summed E-state index contributed by atoms with van der Waals surface area (Å²) >= 11 is 5.84. The number of carbonyl (C=O) groups is 1. The van der Waals surface area contributed by atoms with Crippen LogP contribution in [0.15, 0.2) is 52.9 Å². The van der Waals surface area contributed by atoms with E-state index in [1.807, 2.05) is 49.4 Å². The lowest BCUT2D eigenvalue weighted by Gasteiger charge is -2.03. The third-order valence-corrected chi connectivity index (χ3v) is 3.76. The highest BCUT2D eigenvalue weighted by molar-refractivity contribution is 6.30. The molecule has 0 spiro atoms. The van der Waals surface area contributed by atoms with Crippen molar-refractivity contribution in [1.29, 1.82) is 0 Å². The maximum Gasteiger partial charge on any atom is 0.287 e. The van der Waals surface area contributed by atoms with Crippen molar-refractivity contribution in [2.24, 2.45) is 0 Å². The first-order valence-corrected chi connectivity index (χ1v) is 7.52. The number of hydrogen-bond donors (Lipinski definition) is 1. The number of rotatable bonds is 4. The van der Waals surface area contributed by atoms with Gasteiger partial charge in [-0.2, -0.15) is 0 Å². The van der Waals surface area contributed by atoms with Crippen molar-refractivity contribution in [2.45, 2.75) is 13.3 Å². The van der Waals surface area contributed by atoms with Crippen LogP contribution in [-0.4, -0.2) is 12.5 Å². The Morgan fingerprint density at radius 1 is 1.14 bits per heavy atom. The molecule has 0 aliphatic rings. The summed E-state index contributed by atoms with van der Waals surface area (Å²) in [6.45, 7) is 2.55. The van der Waals surface area contributed by atoms with Crippen LogP contribution in [-0.2, 0) is 6.42 Å². The van der Waals surface area contributed by atoms with Gasteiger partial charge in [0.25, 0.3) is 5.91 Å². The van der Waals surface area contributed by atoms with E-state index in [0.29, 0.717) is 17.3 Å². The number of amides is 1. The molecule has 0 saturated heterocycles. The van der Waals surface area contributed by atoms with Crippen LogP contribution < -0.4 is 5.32 Å². The number of hydrogen-bond acceptors (Lipinski definition) is 2. The van der Waals surface area contributed by atoms with Crippen LogP contribution >= 0.6 is 11.6 Å². The van der Waals surface area contributed by atoms with E-state index in [1.165, 1.54) is 0 Å². The minimum Gasteiger partial charge on any atom is -0.451 e. The average molecular weight is 314 g/mol. The van der Waals surface area contributed by atoms with E-state index in [0.717, 1.165) is 28.5 Å². The molecule has 0 aliphatic heterocycles. The zero-order valence-electron chi connectivity index (χ0n) is 12.2. The van der Waals surface area contributed by atoms with Gasteiger partial charge in [-0.25, -0.2) is 0 Å². The molecule has 2 aromatic carbocycles. The number of fused-ring (bicyclic) bond motifs is 1. The lowest BCUT2D eigenvalue weighted by Crippen LogP contribution is -2.25. The van der Waals surface area contributed by atoms with Crippen molar-refractivity contribution >= 4 is 28.5 Å². The molecule has 0 atom stereocenters. The molecule has 1 amide bonds. The van der Waals surface area contributed by atoms with Gasteiger partial charge in [0.15, 0.2) is 5.76 Å². The first-order valence-electron chi connectivity index (χ1n) is 7.15. The van der Waals surface area contributed by atoms with E-state index in [-0.39, 0.29) is 5.91 Å². The van der Waals surface area contributed by atoms with E-state index in [2.05, 4.69) is 5.32 Å². The molecular weight excluding hydrogens is 298 g/mol. The third kappa shape index (κ3) is 3.31. The van der Waals surface area contributed by atoms with Crippen molar-refractivity contribution in [2.75, 3.05) is 6.54 Å². The molecule has 0 fully saturated rings. The first kappa shape index (κ1) is 14.7. The fourth-order valence-electron chi connectivity index (χ4n) is 2.31. The second-order valence-electron chi connectivity index (χ2n) is 5.28. The lowest BCUT2D eigenvalue weighted by molar-refractivity contribution is 0.0928. The normalized spacial score (nSPS) is 10.8. The number of benzene rings is 2. The largest absolute Gasteiger partial charge is 0.451 e. The number of halogens is 1. The topological polar surface area (TPSA) is 42.2 Å². The van der Waals surface area contributed by atoms with Crippen molar-refractivity contribution in [3.05, 3.63) is 70.4 Å². The molecule has 0 aliphatic carbocycles. The molecule has 4 heteroatoms. The SMILES string of the molecule is Cc1ccc2cc(C(=O)NCCc3ccc(Cl)cc3)oc2c1. The van der Waals surface area contributed by atoms with Gasteiger partial charge in [0.2, 0.25) is 0 Å². The predicted molar refractivity (Wildman–Crippen MR) is 88.4 cm³/mol. The summed E-state index contributed by atoms with van der Waals surface area (Å²) in [5.41, 5.74) is 2.98. The predicted octanol–water partition coefficient (Wildman–Crippen LogP) is 4.37. The van der Waals surface area contributed by atoms with Gasteiger partial charge in [0.05, 0.1) is 0 Å². The van der Waals surface area contributed by atoms with E-state index in [1.54, 1.807) is 6.07 Å². The van der Waals surface area contributed by atoms with Crippen LogP contribution in [0.3, 0.4) is 0 Å². The highest BCUT2D eigenvalue weighted by Crippen LogP contribution is 2.20. The second kappa shape index (κ2) is 6.24. The average Bonchev–Trinajstić information content (AvgIpc) is 2.92.